The predicted molar refractivity (Wildman–Crippen MR) is 140 cm³/mol. The molecular formula is C28H27ClN2O3S. The van der Waals surface area contributed by atoms with Crippen molar-refractivity contribution in [3.8, 4) is 5.75 Å². The Morgan fingerprint density at radius 2 is 1.86 bits per heavy atom. The third kappa shape index (κ3) is 6.09. The SMILES string of the molecule is Cc1ccccc1C(=O)N(Cc1cc(Cl)ccc1OCc1nc(CO)cs1)C(C)c1ccccc1. The van der Waals surface area contributed by atoms with Crippen LogP contribution in [-0.2, 0) is 19.8 Å². The van der Waals surface area contributed by atoms with Gasteiger partial charge in [0.05, 0.1) is 24.9 Å². The number of rotatable bonds is 9. The van der Waals surface area contributed by atoms with Crippen LogP contribution in [0.25, 0.3) is 0 Å². The minimum Gasteiger partial charge on any atom is -0.486 e. The van der Waals surface area contributed by atoms with E-state index in [4.69, 9.17) is 16.3 Å². The lowest BCUT2D eigenvalue weighted by molar-refractivity contribution is 0.0671. The molecule has 0 saturated carbocycles. The average Bonchev–Trinajstić information content (AvgIpc) is 3.35. The van der Waals surface area contributed by atoms with Crippen LogP contribution in [0.2, 0.25) is 5.02 Å². The van der Waals surface area contributed by atoms with E-state index in [0.29, 0.717) is 28.6 Å². The minimum absolute atomic E-state index is 0.0575. The zero-order chi connectivity index (χ0) is 24.8. The zero-order valence-electron chi connectivity index (χ0n) is 19.6. The van der Waals surface area contributed by atoms with E-state index >= 15 is 0 Å². The molecule has 0 aliphatic heterocycles. The molecule has 1 heterocycles. The Labute approximate surface area is 214 Å². The van der Waals surface area contributed by atoms with Gasteiger partial charge in [0.25, 0.3) is 5.91 Å². The highest BCUT2D eigenvalue weighted by Crippen LogP contribution is 2.31. The van der Waals surface area contributed by atoms with Crippen LogP contribution in [-0.4, -0.2) is 20.9 Å². The molecule has 35 heavy (non-hydrogen) atoms. The van der Waals surface area contributed by atoms with E-state index in [0.717, 1.165) is 21.7 Å². The van der Waals surface area contributed by atoms with Crippen molar-refractivity contribution in [2.45, 2.75) is 39.6 Å². The summed E-state index contributed by atoms with van der Waals surface area (Å²) in [6.45, 7) is 4.46. The second-order valence-electron chi connectivity index (χ2n) is 8.27. The molecule has 4 rings (SSSR count). The van der Waals surface area contributed by atoms with Gasteiger partial charge in [0.2, 0.25) is 0 Å². The number of aliphatic hydroxyl groups excluding tert-OH is 1. The lowest BCUT2D eigenvalue weighted by Gasteiger charge is -2.31. The first-order valence-corrected chi connectivity index (χ1v) is 12.6. The van der Waals surface area contributed by atoms with Crippen LogP contribution in [0.3, 0.4) is 0 Å². The maximum Gasteiger partial charge on any atom is 0.254 e. The first-order chi connectivity index (χ1) is 17.0. The van der Waals surface area contributed by atoms with E-state index in [9.17, 15) is 9.90 Å². The van der Waals surface area contributed by atoms with Gasteiger partial charge in [-0.25, -0.2) is 4.98 Å². The van der Waals surface area contributed by atoms with Gasteiger partial charge in [-0.3, -0.25) is 4.79 Å². The van der Waals surface area contributed by atoms with Crippen molar-refractivity contribution >= 4 is 28.8 Å². The van der Waals surface area contributed by atoms with Crippen molar-refractivity contribution in [1.82, 2.24) is 9.88 Å². The second-order valence-corrected chi connectivity index (χ2v) is 9.65. The van der Waals surface area contributed by atoms with Crippen molar-refractivity contribution in [2.24, 2.45) is 0 Å². The van der Waals surface area contributed by atoms with E-state index in [1.165, 1.54) is 11.3 Å². The molecule has 0 fully saturated rings. The summed E-state index contributed by atoms with van der Waals surface area (Å²) in [4.78, 5) is 20.0. The summed E-state index contributed by atoms with van der Waals surface area (Å²) in [6.07, 6.45) is 0. The highest BCUT2D eigenvalue weighted by Gasteiger charge is 2.25. The van der Waals surface area contributed by atoms with Gasteiger partial charge in [-0.15, -0.1) is 11.3 Å². The number of aryl methyl sites for hydroxylation is 1. The molecular weight excluding hydrogens is 480 g/mol. The molecule has 7 heteroatoms. The Morgan fingerprint density at radius 3 is 2.57 bits per heavy atom. The molecule has 1 unspecified atom stereocenters. The number of halogens is 1. The molecule has 1 N–H and O–H groups in total. The Morgan fingerprint density at radius 1 is 1.11 bits per heavy atom. The van der Waals surface area contributed by atoms with Gasteiger partial charge in [0.1, 0.15) is 17.4 Å². The average molecular weight is 507 g/mol. The van der Waals surface area contributed by atoms with Gasteiger partial charge in [0.15, 0.2) is 0 Å². The number of benzene rings is 3. The Kier molecular flexibility index (Phi) is 8.18. The molecule has 0 spiro atoms. The van der Waals surface area contributed by atoms with E-state index < -0.39 is 0 Å². The molecule has 0 aliphatic rings. The van der Waals surface area contributed by atoms with Crippen molar-refractivity contribution in [1.29, 1.82) is 0 Å². The standard InChI is InChI=1S/C28H27ClN2O3S/c1-19-8-6-7-11-25(19)28(33)31(20(2)21-9-4-3-5-10-21)15-22-14-23(29)12-13-26(22)34-17-27-30-24(16-32)18-35-27/h3-14,18,20,32H,15-17H2,1-2H3. The van der Waals surface area contributed by atoms with E-state index in [1.807, 2.05) is 90.9 Å². The quantitative estimate of drug-likeness (QED) is 0.278. The molecule has 0 bridgehead atoms. The van der Waals surface area contributed by atoms with Gasteiger partial charge in [0, 0.05) is 21.5 Å². The number of hydrogen-bond acceptors (Lipinski definition) is 5. The highest BCUT2D eigenvalue weighted by molar-refractivity contribution is 7.09. The summed E-state index contributed by atoms with van der Waals surface area (Å²) in [5.41, 5.74) is 4.06. The van der Waals surface area contributed by atoms with Crippen LogP contribution in [0.1, 0.15) is 50.7 Å². The monoisotopic (exact) mass is 506 g/mol. The van der Waals surface area contributed by atoms with Crippen LogP contribution in [0.4, 0.5) is 0 Å². The van der Waals surface area contributed by atoms with Crippen LogP contribution in [0.5, 0.6) is 5.75 Å². The smallest absolute Gasteiger partial charge is 0.254 e. The molecule has 5 nitrogen and oxygen atoms in total. The Balaban J connectivity index is 1.66. The topological polar surface area (TPSA) is 62.7 Å². The number of aliphatic hydroxyl groups is 1. The van der Waals surface area contributed by atoms with Gasteiger partial charge in [-0.1, -0.05) is 60.1 Å². The maximum absolute atomic E-state index is 13.8. The fourth-order valence-corrected chi connectivity index (χ4v) is 4.78. The van der Waals surface area contributed by atoms with Gasteiger partial charge < -0.3 is 14.7 Å². The zero-order valence-corrected chi connectivity index (χ0v) is 21.2. The lowest BCUT2D eigenvalue weighted by Crippen LogP contribution is -2.33. The van der Waals surface area contributed by atoms with E-state index in [-0.39, 0.29) is 25.2 Å². The molecule has 0 aliphatic carbocycles. The number of amides is 1. The second kappa shape index (κ2) is 11.5. The molecule has 1 amide bonds. The molecule has 0 radical (unpaired) electrons. The summed E-state index contributed by atoms with van der Waals surface area (Å²) >= 11 is 7.80. The number of carbonyl (C=O) groups is 1. The summed E-state index contributed by atoms with van der Waals surface area (Å²) in [6, 6.07) is 22.9. The van der Waals surface area contributed by atoms with Crippen molar-refractivity contribution in [3.05, 3.63) is 116 Å². The fourth-order valence-electron chi connectivity index (χ4n) is 3.89. The normalized spacial score (nSPS) is 11.8. The van der Waals surface area contributed by atoms with Crippen LogP contribution < -0.4 is 4.74 Å². The van der Waals surface area contributed by atoms with Crippen molar-refractivity contribution in [2.75, 3.05) is 0 Å². The van der Waals surface area contributed by atoms with Crippen LogP contribution in [0, 0.1) is 6.92 Å². The third-order valence-corrected chi connectivity index (χ3v) is 6.97. The summed E-state index contributed by atoms with van der Waals surface area (Å²) in [5, 5.41) is 12.4. The minimum atomic E-state index is -0.179. The van der Waals surface area contributed by atoms with Crippen LogP contribution in [0.15, 0.2) is 78.2 Å². The molecule has 0 saturated heterocycles. The van der Waals surface area contributed by atoms with Crippen molar-refractivity contribution < 1.29 is 14.6 Å². The summed E-state index contributed by atoms with van der Waals surface area (Å²) in [7, 11) is 0. The predicted octanol–water partition coefficient (Wildman–Crippen LogP) is 6.58. The molecule has 180 valence electrons. The van der Waals surface area contributed by atoms with Gasteiger partial charge >= 0.3 is 0 Å². The first-order valence-electron chi connectivity index (χ1n) is 11.3. The number of nitrogens with zero attached hydrogens (tertiary/aromatic N) is 2. The summed E-state index contributed by atoms with van der Waals surface area (Å²) in [5.74, 6) is 0.580. The molecule has 1 aromatic heterocycles. The van der Waals surface area contributed by atoms with Gasteiger partial charge in [-0.2, -0.15) is 0 Å². The number of thiazole rings is 1. The number of carbonyl (C=O) groups excluding carboxylic acids is 1. The first kappa shape index (κ1) is 24.9. The lowest BCUT2D eigenvalue weighted by atomic mass is 10.0. The Hall–Kier alpha value is -3.19. The third-order valence-electron chi connectivity index (χ3n) is 5.86. The number of aromatic nitrogens is 1. The number of ether oxygens (including phenoxy) is 1. The molecule has 3 aromatic carbocycles. The largest absolute Gasteiger partial charge is 0.486 e. The fraction of sp³-hybridized carbons (Fsp3) is 0.214. The number of hydrogen-bond donors (Lipinski definition) is 1. The van der Waals surface area contributed by atoms with Gasteiger partial charge in [-0.05, 0) is 49.2 Å². The maximum atomic E-state index is 13.8. The van der Waals surface area contributed by atoms with E-state index in [1.54, 1.807) is 6.07 Å². The Bertz CT molecular complexity index is 1290. The molecule has 1 atom stereocenters. The van der Waals surface area contributed by atoms with E-state index in [2.05, 4.69) is 4.98 Å². The van der Waals surface area contributed by atoms with Crippen molar-refractivity contribution in [3.63, 3.8) is 0 Å². The molecule has 4 aromatic rings. The van der Waals surface area contributed by atoms with Crippen LogP contribution >= 0.6 is 22.9 Å². The highest BCUT2D eigenvalue weighted by atomic mass is 35.5. The summed E-state index contributed by atoms with van der Waals surface area (Å²) < 4.78 is 6.10.